The molecule has 1 aliphatic rings. The average Bonchev–Trinajstić information content (AvgIpc) is 3.53. The standard InChI is InChI=1S/C22H17ClFN7O/c23-14-8-10-30-18(14)22(32)31(13-5-2-1-3-6-13)20(28-30)16-7-4-9-29(16)21-17-15(24)11-25-19(17)26-12-27-21/h1-3,5-6,8,10-12,16H,4,7,9H2,(H,25,26,27)/t16-/m0/s1. The number of aromatic amines is 1. The first-order valence-corrected chi connectivity index (χ1v) is 10.6. The number of hydrogen-bond donors (Lipinski definition) is 1. The molecule has 1 saturated heterocycles. The Morgan fingerprint density at radius 3 is 2.84 bits per heavy atom. The van der Waals surface area contributed by atoms with E-state index in [2.05, 4.69) is 15.0 Å². The van der Waals surface area contributed by atoms with Gasteiger partial charge in [0.15, 0.2) is 11.6 Å². The van der Waals surface area contributed by atoms with Gasteiger partial charge in [-0.05, 0) is 31.0 Å². The van der Waals surface area contributed by atoms with Gasteiger partial charge in [-0.3, -0.25) is 9.36 Å². The fourth-order valence-electron chi connectivity index (χ4n) is 4.51. The lowest BCUT2D eigenvalue weighted by atomic mass is 10.2. The highest BCUT2D eigenvalue weighted by Crippen LogP contribution is 2.38. The molecule has 0 aliphatic carbocycles. The van der Waals surface area contributed by atoms with Crippen molar-refractivity contribution in [3.63, 3.8) is 0 Å². The number of aromatic nitrogens is 6. The Bertz CT molecular complexity index is 1520. The summed E-state index contributed by atoms with van der Waals surface area (Å²) in [6.07, 6.45) is 5.94. The van der Waals surface area contributed by atoms with Gasteiger partial charge >= 0.3 is 0 Å². The van der Waals surface area contributed by atoms with Crippen LogP contribution in [0.5, 0.6) is 0 Å². The van der Waals surface area contributed by atoms with E-state index in [4.69, 9.17) is 16.7 Å². The number of rotatable bonds is 3. The molecule has 5 heterocycles. The molecule has 5 aromatic rings. The van der Waals surface area contributed by atoms with E-state index in [1.165, 1.54) is 17.0 Å². The maximum absolute atomic E-state index is 14.6. The summed E-state index contributed by atoms with van der Waals surface area (Å²) in [4.78, 5) is 26.9. The average molecular weight is 450 g/mol. The minimum absolute atomic E-state index is 0.260. The maximum atomic E-state index is 14.6. The van der Waals surface area contributed by atoms with Crippen molar-refractivity contribution in [1.29, 1.82) is 0 Å². The molecule has 1 aromatic carbocycles. The van der Waals surface area contributed by atoms with Crippen molar-refractivity contribution in [2.45, 2.75) is 18.9 Å². The Labute approximate surface area is 185 Å². The molecule has 0 amide bonds. The molecule has 0 spiro atoms. The number of benzene rings is 1. The minimum Gasteiger partial charge on any atom is -0.346 e. The first-order chi connectivity index (χ1) is 15.6. The molecular weight excluding hydrogens is 433 g/mol. The third-order valence-electron chi connectivity index (χ3n) is 5.90. The van der Waals surface area contributed by atoms with Gasteiger partial charge in [-0.15, -0.1) is 0 Å². The largest absolute Gasteiger partial charge is 0.346 e. The van der Waals surface area contributed by atoms with Gasteiger partial charge in [0.1, 0.15) is 23.3 Å². The van der Waals surface area contributed by atoms with Gasteiger partial charge in [0, 0.05) is 18.9 Å². The van der Waals surface area contributed by atoms with Crippen LogP contribution in [0.4, 0.5) is 10.2 Å². The van der Waals surface area contributed by atoms with E-state index in [1.54, 1.807) is 16.8 Å². The first kappa shape index (κ1) is 19.0. The van der Waals surface area contributed by atoms with Crippen molar-refractivity contribution < 1.29 is 4.39 Å². The van der Waals surface area contributed by atoms with Crippen LogP contribution >= 0.6 is 11.6 Å². The summed E-state index contributed by atoms with van der Waals surface area (Å²) in [5, 5.41) is 5.46. The molecule has 6 rings (SSSR count). The summed E-state index contributed by atoms with van der Waals surface area (Å²) < 4.78 is 17.7. The zero-order chi connectivity index (χ0) is 21.8. The molecule has 32 heavy (non-hydrogen) atoms. The van der Waals surface area contributed by atoms with E-state index in [0.717, 1.165) is 12.8 Å². The van der Waals surface area contributed by atoms with Crippen LogP contribution in [0.15, 0.2) is 59.9 Å². The van der Waals surface area contributed by atoms with Crippen LogP contribution < -0.4 is 10.5 Å². The summed E-state index contributed by atoms with van der Waals surface area (Å²) >= 11 is 6.30. The second-order valence-electron chi connectivity index (χ2n) is 7.70. The minimum atomic E-state index is -0.415. The van der Waals surface area contributed by atoms with Gasteiger partial charge in [-0.25, -0.2) is 18.9 Å². The topological polar surface area (TPSA) is 84.1 Å². The van der Waals surface area contributed by atoms with Crippen molar-refractivity contribution in [1.82, 2.24) is 29.1 Å². The quantitative estimate of drug-likeness (QED) is 0.451. The number of nitrogens with one attached hydrogen (secondary N) is 1. The van der Waals surface area contributed by atoms with Crippen LogP contribution in [0.25, 0.3) is 22.2 Å². The number of H-pyrrole nitrogens is 1. The second kappa shape index (κ2) is 7.16. The molecule has 1 atom stereocenters. The van der Waals surface area contributed by atoms with Gasteiger partial charge in [0.25, 0.3) is 5.56 Å². The van der Waals surface area contributed by atoms with E-state index in [1.807, 2.05) is 35.2 Å². The second-order valence-corrected chi connectivity index (χ2v) is 8.11. The van der Waals surface area contributed by atoms with Crippen LogP contribution in [0.3, 0.4) is 0 Å². The number of fused-ring (bicyclic) bond motifs is 2. The first-order valence-electron chi connectivity index (χ1n) is 10.2. The summed E-state index contributed by atoms with van der Waals surface area (Å²) in [6.45, 7) is 0.649. The zero-order valence-corrected chi connectivity index (χ0v) is 17.5. The summed E-state index contributed by atoms with van der Waals surface area (Å²) in [5.74, 6) is 0.610. The molecule has 1 N–H and O–H groups in total. The molecule has 4 aromatic heterocycles. The van der Waals surface area contributed by atoms with E-state index >= 15 is 0 Å². The highest BCUT2D eigenvalue weighted by Gasteiger charge is 2.34. The van der Waals surface area contributed by atoms with Gasteiger partial charge < -0.3 is 9.88 Å². The summed E-state index contributed by atoms with van der Waals surface area (Å²) in [6, 6.07) is 10.7. The molecule has 160 valence electrons. The fourth-order valence-corrected chi connectivity index (χ4v) is 4.73. The van der Waals surface area contributed by atoms with Gasteiger partial charge in [0.2, 0.25) is 0 Å². The van der Waals surface area contributed by atoms with Crippen molar-refractivity contribution >= 4 is 34.0 Å². The Kier molecular flexibility index (Phi) is 4.25. The number of nitrogens with zero attached hydrogens (tertiary/aromatic N) is 6. The number of hydrogen-bond acceptors (Lipinski definition) is 5. The van der Waals surface area contributed by atoms with E-state index in [-0.39, 0.29) is 11.6 Å². The number of anilines is 1. The van der Waals surface area contributed by atoms with E-state index in [0.29, 0.717) is 45.4 Å². The van der Waals surface area contributed by atoms with E-state index in [9.17, 15) is 9.18 Å². The molecule has 0 unspecified atom stereocenters. The maximum Gasteiger partial charge on any atom is 0.284 e. The predicted molar refractivity (Wildman–Crippen MR) is 119 cm³/mol. The Balaban J connectivity index is 1.60. The lowest BCUT2D eigenvalue weighted by Crippen LogP contribution is -2.33. The van der Waals surface area contributed by atoms with Crippen LogP contribution in [-0.2, 0) is 0 Å². The van der Waals surface area contributed by atoms with Crippen molar-refractivity contribution in [2.75, 3.05) is 11.4 Å². The Morgan fingerprint density at radius 2 is 2.00 bits per heavy atom. The molecule has 1 fully saturated rings. The van der Waals surface area contributed by atoms with Crippen molar-refractivity contribution in [2.24, 2.45) is 0 Å². The molecule has 1 aliphatic heterocycles. The van der Waals surface area contributed by atoms with Gasteiger partial charge in [-0.2, -0.15) is 5.10 Å². The van der Waals surface area contributed by atoms with Gasteiger partial charge in [0.05, 0.1) is 22.1 Å². The van der Waals surface area contributed by atoms with Crippen LogP contribution in [0.1, 0.15) is 24.7 Å². The van der Waals surface area contributed by atoms with E-state index < -0.39 is 5.82 Å². The van der Waals surface area contributed by atoms with Crippen molar-refractivity contribution in [3.8, 4) is 5.69 Å². The summed E-state index contributed by atoms with van der Waals surface area (Å²) in [7, 11) is 0. The Hall–Kier alpha value is -3.72. The zero-order valence-electron chi connectivity index (χ0n) is 16.7. The summed E-state index contributed by atoms with van der Waals surface area (Å²) in [5.41, 5.74) is 1.17. The SMILES string of the molecule is O=c1c2c(Cl)ccn2nc([C@@H]2CCCN2c2ncnc3[nH]cc(F)c23)n1-c1ccccc1. The highest BCUT2D eigenvalue weighted by molar-refractivity contribution is 6.33. The van der Waals surface area contributed by atoms with Crippen LogP contribution in [0, 0.1) is 5.82 Å². The predicted octanol–water partition coefficient (Wildman–Crippen LogP) is 3.89. The molecular formula is C22H17ClFN7O. The highest BCUT2D eigenvalue weighted by atomic mass is 35.5. The lowest BCUT2D eigenvalue weighted by molar-refractivity contribution is 0.600. The molecule has 0 radical (unpaired) electrons. The number of para-hydroxylation sites is 1. The monoisotopic (exact) mass is 449 g/mol. The third kappa shape index (κ3) is 2.74. The third-order valence-corrected chi connectivity index (χ3v) is 6.21. The molecule has 0 saturated carbocycles. The lowest BCUT2D eigenvalue weighted by Gasteiger charge is -2.27. The molecule has 0 bridgehead atoms. The fraction of sp³-hybridized carbons (Fsp3) is 0.182. The Morgan fingerprint density at radius 1 is 1.16 bits per heavy atom. The molecule has 10 heteroatoms. The van der Waals surface area contributed by atoms with Gasteiger partial charge in [-0.1, -0.05) is 29.8 Å². The molecule has 8 nitrogen and oxygen atoms in total. The van der Waals surface area contributed by atoms with Crippen molar-refractivity contribution in [3.05, 3.63) is 82.1 Å². The normalized spacial score (nSPS) is 16.4. The smallest absolute Gasteiger partial charge is 0.284 e. The van der Waals surface area contributed by atoms with Crippen LogP contribution in [0.2, 0.25) is 5.02 Å². The number of halogens is 2. The van der Waals surface area contributed by atoms with Crippen LogP contribution in [-0.4, -0.2) is 35.7 Å².